The number of hydrogen-bond donors (Lipinski definition) is 1. The first-order valence-electron chi connectivity index (χ1n) is 9.67. The monoisotopic (exact) mass is 428 g/mol. The molecule has 0 radical (unpaired) electrons. The highest BCUT2D eigenvalue weighted by Crippen LogP contribution is 2.32. The maximum Gasteiger partial charge on any atom is 0.330 e. The van der Waals surface area contributed by atoms with Gasteiger partial charge in [-0.2, -0.15) is 0 Å². The lowest BCUT2D eigenvalue weighted by molar-refractivity contribution is 0.302. The van der Waals surface area contributed by atoms with Gasteiger partial charge in [0.2, 0.25) is 0 Å². The van der Waals surface area contributed by atoms with Crippen molar-refractivity contribution in [3.63, 3.8) is 0 Å². The van der Waals surface area contributed by atoms with Crippen LogP contribution in [0.2, 0.25) is 5.02 Å². The molecule has 3 heterocycles. The molecule has 0 aliphatic carbocycles. The van der Waals surface area contributed by atoms with Gasteiger partial charge in [-0.25, -0.2) is 9.78 Å². The van der Waals surface area contributed by atoms with Gasteiger partial charge in [0.1, 0.15) is 12.4 Å². The average molecular weight is 429 g/mol. The van der Waals surface area contributed by atoms with Crippen LogP contribution >= 0.6 is 11.6 Å². The number of nitrogens with one attached hydrogen (secondary N) is 1. The minimum Gasteiger partial charge on any atom is -0.487 e. The summed E-state index contributed by atoms with van der Waals surface area (Å²) in [6.45, 7) is 0.326. The van der Waals surface area contributed by atoms with Gasteiger partial charge >= 0.3 is 5.69 Å². The van der Waals surface area contributed by atoms with Gasteiger partial charge < -0.3 is 9.72 Å². The molecule has 0 unspecified atom stereocenters. The SMILES string of the molecule is O=c1[nH]cc(-c2ccc(OCc3ccc4ccccc4n3)cc2Cl)n1-c1ccncc1. The highest BCUT2D eigenvalue weighted by atomic mass is 35.5. The quantitative estimate of drug-likeness (QED) is 0.427. The number of para-hydroxylation sites is 1. The molecule has 0 saturated carbocycles. The fourth-order valence-electron chi connectivity index (χ4n) is 3.46. The van der Waals surface area contributed by atoms with Crippen molar-refractivity contribution < 1.29 is 4.74 Å². The van der Waals surface area contributed by atoms with Crippen LogP contribution in [0.4, 0.5) is 0 Å². The molecule has 0 bridgehead atoms. The van der Waals surface area contributed by atoms with Crippen molar-refractivity contribution in [3.05, 3.63) is 107 Å². The van der Waals surface area contributed by atoms with Crippen LogP contribution in [-0.2, 0) is 6.61 Å². The van der Waals surface area contributed by atoms with E-state index in [9.17, 15) is 4.79 Å². The second kappa shape index (κ2) is 8.08. The van der Waals surface area contributed by atoms with Gasteiger partial charge in [-0.05, 0) is 42.5 Å². The highest BCUT2D eigenvalue weighted by Gasteiger charge is 2.14. The Bertz CT molecular complexity index is 1430. The summed E-state index contributed by atoms with van der Waals surface area (Å²) in [7, 11) is 0. The van der Waals surface area contributed by atoms with E-state index in [1.165, 1.54) is 0 Å². The summed E-state index contributed by atoms with van der Waals surface area (Å²) in [6.07, 6.45) is 4.92. The summed E-state index contributed by atoms with van der Waals surface area (Å²) in [5.41, 5.74) is 3.58. The van der Waals surface area contributed by atoms with E-state index in [4.69, 9.17) is 16.3 Å². The molecule has 152 valence electrons. The lowest BCUT2D eigenvalue weighted by Gasteiger charge is -2.11. The third-order valence-electron chi connectivity index (χ3n) is 4.96. The standard InChI is InChI=1S/C24H17ClN4O2/c25-21-13-19(31-15-17-6-5-16-3-1-2-4-22(16)28-17)7-8-20(21)23-14-27-24(30)29(23)18-9-11-26-12-10-18/h1-14H,15H2,(H,27,30). The molecule has 7 heteroatoms. The second-order valence-corrected chi connectivity index (χ2v) is 7.35. The first-order chi connectivity index (χ1) is 15.2. The molecule has 0 atom stereocenters. The lowest BCUT2D eigenvalue weighted by Crippen LogP contribution is -2.15. The van der Waals surface area contributed by atoms with Crippen LogP contribution in [0, 0.1) is 0 Å². The second-order valence-electron chi connectivity index (χ2n) is 6.95. The molecule has 6 nitrogen and oxygen atoms in total. The van der Waals surface area contributed by atoms with E-state index in [0.717, 1.165) is 16.6 Å². The summed E-state index contributed by atoms with van der Waals surface area (Å²) >= 11 is 6.56. The lowest BCUT2D eigenvalue weighted by atomic mass is 10.1. The van der Waals surface area contributed by atoms with E-state index in [1.54, 1.807) is 41.4 Å². The molecule has 3 aromatic heterocycles. The van der Waals surface area contributed by atoms with Crippen molar-refractivity contribution in [2.45, 2.75) is 6.61 Å². The Kier molecular flexibility index (Phi) is 4.98. The van der Waals surface area contributed by atoms with Crippen LogP contribution in [-0.4, -0.2) is 19.5 Å². The van der Waals surface area contributed by atoms with E-state index in [0.29, 0.717) is 34.3 Å². The Morgan fingerprint density at radius 1 is 1.00 bits per heavy atom. The molecule has 5 rings (SSSR count). The fraction of sp³-hybridized carbons (Fsp3) is 0.0417. The van der Waals surface area contributed by atoms with Crippen LogP contribution < -0.4 is 10.4 Å². The van der Waals surface area contributed by atoms with Crippen molar-refractivity contribution in [1.82, 2.24) is 19.5 Å². The van der Waals surface area contributed by atoms with E-state index in [1.807, 2.05) is 48.5 Å². The molecular weight excluding hydrogens is 412 g/mol. The van der Waals surface area contributed by atoms with Crippen LogP contribution in [0.3, 0.4) is 0 Å². The van der Waals surface area contributed by atoms with E-state index >= 15 is 0 Å². The first kappa shape index (κ1) is 19.1. The number of nitrogens with zero attached hydrogens (tertiary/aromatic N) is 3. The number of aromatic nitrogens is 4. The number of pyridine rings is 2. The van der Waals surface area contributed by atoms with Gasteiger partial charge in [0.05, 0.1) is 27.6 Å². The van der Waals surface area contributed by atoms with Crippen molar-refractivity contribution in [3.8, 4) is 22.7 Å². The summed E-state index contributed by atoms with van der Waals surface area (Å²) in [4.78, 5) is 23.7. The van der Waals surface area contributed by atoms with Crippen LogP contribution in [0.1, 0.15) is 5.69 Å². The van der Waals surface area contributed by atoms with Gasteiger partial charge in [-0.1, -0.05) is 35.9 Å². The molecule has 0 spiro atoms. The zero-order valence-corrected chi connectivity index (χ0v) is 17.1. The number of H-pyrrole nitrogens is 1. The zero-order valence-electron chi connectivity index (χ0n) is 16.3. The van der Waals surface area contributed by atoms with Crippen LogP contribution in [0.15, 0.2) is 90.1 Å². The largest absolute Gasteiger partial charge is 0.487 e. The van der Waals surface area contributed by atoms with Gasteiger partial charge in [-0.15, -0.1) is 0 Å². The number of benzene rings is 2. The Hall–Kier alpha value is -3.90. The number of imidazole rings is 1. The molecule has 1 N–H and O–H groups in total. The van der Waals surface area contributed by atoms with Crippen molar-refractivity contribution >= 4 is 22.5 Å². The van der Waals surface area contributed by atoms with Gasteiger partial charge in [0.25, 0.3) is 0 Å². The molecule has 0 aliphatic heterocycles. The van der Waals surface area contributed by atoms with E-state index < -0.39 is 0 Å². The number of ether oxygens (including phenoxy) is 1. The topological polar surface area (TPSA) is 72.8 Å². The third-order valence-corrected chi connectivity index (χ3v) is 5.27. The van der Waals surface area contributed by atoms with Gasteiger partial charge in [0.15, 0.2) is 0 Å². The highest BCUT2D eigenvalue weighted by molar-refractivity contribution is 6.33. The normalized spacial score (nSPS) is 11.0. The third kappa shape index (κ3) is 3.81. The average Bonchev–Trinajstić information content (AvgIpc) is 3.19. The molecule has 31 heavy (non-hydrogen) atoms. The maximum atomic E-state index is 12.4. The van der Waals surface area contributed by atoms with Crippen molar-refractivity contribution in [1.29, 1.82) is 0 Å². The Balaban J connectivity index is 1.40. The van der Waals surface area contributed by atoms with Crippen molar-refractivity contribution in [2.75, 3.05) is 0 Å². The minimum atomic E-state index is -0.250. The predicted molar refractivity (Wildman–Crippen MR) is 121 cm³/mol. The summed E-state index contributed by atoms with van der Waals surface area (Å²) in [6, 6.07) is 20.9. The van der Waals surface area contributed by atoms with Crippen LogP contribution in [0.5, 0.6) is 5.75 Å². The smallest absolute Gasteiger partial charge is 0.330 e. The Morgan fingerprint density at radius 2 is 1.84 bits per heavy atom. The molecule has 2 aromatic carbocycles. The molecular formula is C24H17ClN4O2. The summed E-state index contributed by atoms with van der Waals surface area (Å²) in [5, 5.41) is 1.57. The van der Waals surface area contributed by atoms with Gasteiger partial charge in [0, 0.05) is 29.5 Å². The molecule has 0 saturated heterocycles. The van der Waals surface area contributed by atoms with Gasteiger partial charge in [-0.3, -0.25) is 9.55 Å². The number of halogens is 1. The molecule has 5 aromatic rings. The molecule has 0 amide bonds. The van der Waals surface area contributed by atoms with E-state index in [2.05, 4.69) is 15.0 Å². The Labute approximate surface area is 182 Å². The van der Waals surface area contributed by atoms with E-state index in [-0.39, 0.29) is 5.69 Å². The molecule has 0 fully saturated rings. The zero-order chi connectivity index (χ0) is 21.2. The number of rotatable bonds is 5. The number of hydrogen-bond acceptors (Lipinski definition) is 4. The number of aromatic amines is 1. The van der Waals surface area contributed by atoms with Crippen LogP contribution in [0.25, 0.3) is 27.8 Å². The summed E-state index contributed by atoms with van der Waals surface area (Å²) in [5.74, 6) is 0.622. The predicted octanol–water partition coefficient (Wildman–Crippen LogP) is 5.01. The Morgan fingerprint density at radius 3 is 2.68 bits per heavy atom. The summed E-state index contributed by atoms with van der Waals surface area (Å²) < 4.78 is 7.46. The molecule has 0 aliphatic rings. The minimum absolute atomic E-state index is 0.250. The first-order valence-corrected chi connectivity index (χ1v) is 10.0. The number of fused-ring (bicyclic) bond motifs is 1. The fourth-order valence-corrected chi connectivity index (χ4v) is 3.72. The maximum absolute atomic E-state index is 12.4. The van der Waals surface area contributed by atoms with Crippen molar-refractivity contribution in [2.24, 2.45) is 0 Å².